The Bertz CT molecular complexity index is 437. The van der Waals surface area contributed by atoms with Crippen LogP contribution < -0.4 is 0 Å². The van der Waals surface area contributed by atoms with Crippen molar-refractivity contribution in [2.45, 2.75) is 6.61 Å². The van der Waals surface area contributed by atoms with E-state index in [-0.39, 0.29) is 6.61 Å². The second-order valence-corrected chi connectivity index (χ2v) is 3.81. The molecule has 13 heavy (non-hydrogen) atoms. The summed E-state index contributed by atoms with van der Waals surface area (Å²) < 4.78 is 1.07. The Morgan fingerprint density at radius 2 is 2.00 bits per heavy atom. The van der Waals surface area contributed by atoms with Crippen LogP contribution in [-0.4, -0.2) is 5.11 Å². The van der Waals surface area contributed by atoms with Gasteiger partial charge in [0.15, 0.2) is 0 Å². The third-order valence-corrected chi connectivity index (χ3v) is 2.77. The van der Waals surface area contributed by atoms with Gasteiger partial charge in [-0.3, -0.25) is 0 Å². The molecule has 0 saturated heterocycles. The first kappa shape index (κ1) is 8.73. The lowest BCUT2D eigenvalue weighted by Crippen LogP contribution is -1.82. The molecule has 0 aliphatic rings. The van der Waals surface area contributed by atoms with Crippen LogP contribution in [0.1, 0.15) is 5.56 Å². The Morgan fingerprint density at radius 1 is 1.15 bits per heavy atom. The molecule has 0 aliphatic carbocycles. The number of fused-ring (bicyclic) bond motifs is 1. The lowest BCUT2D eigenvalue weighted by molar-refractivity contribution is 0.282. The zero-order chi connectivity index (χ0) is 9.26. The lowest BCUT2D eigenvalue weighted by atomic mass is 10.1. The fourth-order valence-electron chi connectivity index (χ4n) is 1.38. The van der Waals surface area contributed by atoms with Gasteiger partial charge in [-0.25, -0.2) is 0 Å². The molecule has 0 bridgehead atoms. The minimum Gasteiger partial charge on any atom is -0.392 e. The van der Waals surface area contributed by atoms with Gasteiger partial charge in [0.05, 0.1) is 6.61 Å². The van der Waals surface area contributed by atoms with Crippen LogP contribution in [0.2, 0.25) is 0 Å². The van der Waals surface area contributed by atoms with Gasteiger partial charge < -0.3 is 5.11 Å². The zero-order valence-corrected chi connectivity index (χ0v) is 8.58. The molecule has 0 spiro atoms. The summed E-state index contributed by atoms with van der Waals surface area (Å²) in [5.41, 5.74) is 0.944. The number of benzene rings is 2. The SMILES string of the molecule is OCc1ccc2cccc(Br)c2c1. The standard InChI is InChI=1S/C11H9BrO/c12-11-3-1-2-9-5-4-8(7-13)6-10(9)11/h1-6,13H,7H2. The van der Waals surface area contributed by atoms with Crippen molar-refractivity contribution in [3.05, 3.63) is 46.4 Å². The molecule has 1 N–H and O–H groups in total. The first-order valence-corrected chi connectivity index (χ1v) is 4.88. The van der Waals surface area contributed by atoms with Crippen LogP contribution in [0.4, 0.5) is 0 Å². The number of halogens is 1. The van der Waals surface area contributed by atoms with Crippen molar-refractivity contribution in [3.63, 3.8) is 0 Å². The molecule has 2 rings (SSSR count). The van der Waals surface area contributed by atoms with E-state index in [0.29, 0.717) is 0 Å². The molecule has 2 heteroatoms. The predicted octanol–water partition coefficient (Wildman–Crippen LogP) is 3.09. The summed E-state index contributed by atoms with van der Waals surface area (Å²) in [5, 5.41) is 11.3. The normalized spacial score (nSPS) is 10.6. The number of hydrogen-bond donors (Lipinski definition) is 1. The molecule has 66 valence electrons. The van der Waals surface area contributed by atoms with E-state index in [2.05, 4.69) is 22.0 Å². The van der Waals surface area contributed by atoms with Crippen molar-refractivity contribution in [2.75, 3.05) is 0 Å². The van der Waals surface area contributed by atoms with E-state index >= 15 is 0 Å². The van der Waals surface area contributed by atoms with Gasteiger partial charge in [0.1, 0.15) is 0 Å². The third kappa shape index (κ3) is 1.60. The van der Waals surface area contributed by atoms with Crippen molar-refractivity contribution in [3.8, 4) is 0 Å². The van der Waals surface area contributed by atoms with Crippen molar-refractivity contribution in [2.24, 2.45) is 0 Å². The van der Waals surface area contributed by atoms with Crippen LogP contribution in [0, 0.1) is 0 Å². The van der Waals surface area contributed by atoms with Gasteiger partial charge in [0.2, 0.25) is 0 Å². The molecule has 0 radical (unpaired) electrons. The number of aliphatic hydroxyl groups is 1. The maximum atomic E-state index is 8.97. The average Bonchev–Trinajstić information content (AvgIpc) is 2.18. The predicted molar refractivity (Wildman–Crippen MR) is 57.6 cm³/mol. The topological polar surface area (TPSA) is 20.2 Å². The number of aliphatic hydroxyl groups excluding tert-OH is 1. The van der Waals surface area contributed by atoms with Crippen LogP contribution in [0.3, 0.4) is 0 Å². The molecule has 0 amide bonds. The van der Waals surface area contributed by atoms with Gasteiger partial charge in [0.25, 0.3) is 0 Å². The summed E-state index contributed by atoms with van der Waals surface area (Å²) in [5.74, 6) is 0. The molecular weight excluding hydrogens is 228 g/mol. The molecule has 0 fully saturated rings. The quantitative estimate of drug-likeness (QED) is 0.807. The number of hydrogen-bond acceptors (Lipinski definition) is 1. The van der Waals surface area contributed by atoms with E-state index in [1.165, 1.54) is 5.39 Å². The minimum absolute atomic E-state index is 0.0945. The summed E-state index contributed by atoms with van der Waals surface area (Å²) in [7, 11) is 0. The second kappa shape index (κ2) is 3.48. The van der Waals surface area contributed by atoms with E-state index in [9.17, 15) is 0 Å². The van der Waals surface area contributed by atoms with E-state index < -0.39 is 0 Å². The lowest BCUT2D eigenvalue weighted by Gasteiger charge is -2.02. The van der Waals surface area contributed by atoms with E-state index in [1.807, 2.05) is 30.3 Å². The Hall–Kier alpha value is -0.860. The zero-order valence-electron chi connectivity index (χ0n) is 7.00. The van der Waals surface area contributed by atoms with Crippen LogP contribution in [0.15, 0.2) is 40.9 Å². The first-order valence-electron chi connectivity index (χ1n) is 4.09. The highest BCUT2D eigenvalue weighted by Crippen LogP contribution is 2.24. The molecule has 0 heterocycles. The second-order valence-electron chi connectivity index (χ2n) is 2.95. The molecule has 0 aliphatic heterocycles. The third-order valence-electron chi connectivity index (χ3n) is 2.08. The van der Waals surface area contributed by atoms with Crippen LogP contribution in [-0.2, 0) is 6.61 Å². The number of rotatable bonds is 1. The molecular formula is C11H9BrO. The van der Waals surface area contributed by atoms with Crippen molar-refractivity contribution >= 4 is 26.7 Å². The molecule has 2 aromatic carbocycles. The highest BCUT2D eigenvalue weighted by atomic mass is 79.9. The van der Waals surface area contributed by atoms with Crippen LogP contribution in [0.25, 0.3) is 10.8 Å². The Labute approximate surface area is 85.1 Å². The van der Waals surface area contributed by atoms with Gasteiger partial charge in [-0.15, -0.1) is 0 Å². The molecule has 0 atom stereocenters. The van der Waals surface area contributed by atoms with Gasteiger partial charge >= 0.3 is 0 Å². The summed E-state index contributed by atoms with van der Waals surface area (Å²) in [6.07, 6.45) is 0. The highest BCUT2D eigenvalue weighted by molar-refractivity contribution is 9.10. The summed E-state index contributed by atoms with van der Waals surface area (Å²) in [6, 6.07) is 12.0. The van der Waals surface area contributed by atoms with E-state index in [0.717, 1.165) is 15.4 Å². The van der Waals surface area contributed by atoms with Gasteiger partial charge in [-0.2, -0.15) is 0 Å². The maximum absolute atomic E-state index is 8.97. The smallest absolute Gasteiger partial charge is 0.0682 e. The largest absolute Gasteiger partial charge is 0.392 e. The molecule has 0 aromatic heterocycles. The van der Waals surface area contributed by atoms with Gasteiger partial charge in [0, 0.05) is 4.47 Å². The van der Waals surface area contributed by atoms with Crippen LogP contribution in [0.5, 0.6) is 0 Å². The van der Waals surface area contributed by atoms with Crippen molar-refractivity contribution in [1.29, 1.82) is 0 Å². The van der Waals surface area contributed by atoms with Crippen LogP contribution >= 0.6 is 15.9 Å². The maximum Gasteiger partial charge on any atom is 0.0682 e. The average molecular weight is 237 g/mol. The minimum atomic E-state index is 0.0945. The van der Waals surface area contributed by atoms with E-state index in [4.69, 9.17) is 5.11 Å². The Kier molecular flexibility index (Phi) is 2.34. The van der Waals surface area contributed by atoms with Gasteiger partial charge in [-0.1, -0.05) is 40.2 Å². The molecule has 0 saturated carbocycles. The Morgan fingerprint density at radius 3 is 2.77 bits per heavy atom. The highest BCUT2D eigenvalue weighted by Gasteiger charge is 1.98. The monoisotopic (exact) mass is 236 g/mol. The van der Waals surface area contributed by atoms with Crippen molar-refractivity contribution in [1.82, 2.24) is 0 Å². The molecule has 1 nitrogen and oxygen atoms in total. The summed E-state index contributed by atoms with van der Waals surface area (Å²) >= 11 is 3.48. The molecule has 2 aromatic rings. The van der Waals surface area contributed by atoms with E-state index in [1.54, 1.807) is 0 Å². The fourth-order valence-corrected chi connectivity index (χ4v) is 1.88. The Balaban J connectivity index is 2.74. The first-order chi connectivity index (χ1) is 6.31. The summed E-state index contributed by atoms with van der Waals surface area (Å²) in [4.78, 5) is 0. The molecule has 0 unspecified atom stereocenters. The van der Waals surface area contributed by atoms with Gasteiger partial charge in [-0.05, 0) is 28.5 Å². The fraction of sp³-hybridized carbons (Fsp3) is 0.0909. The summed E-state index contributed by atoms with van der Waals surface area (Å²) in [6.45, 7) is 0.0945. The van der Waals surface area contributed by atoms with Crippen molar-refractivity contribution < 1.29 is 5.11 Å².